The number of methoxy groups -OCH3 is 1. The lowest BCUT2D eigenvalue weighted by atomic mass is 10.1. The van der Waals surface area contributed by atoms with E-state index in [1.807, 2.05) is 31.2 Å². The average Bonchev–Trinajstić information content (AvgIpc) is 3.11. The van der Waals surface area contributed by atoms with Gasteiger partial charge in [-0.05, 0) is 43.0 Å². The number of thioether (sulfide) groups is 1. The van der Waals surface area contributed by atoms with Crippen LogP contribution in [0, 0.1) is 6.92 Å². The molecule has 0 aliphatic heterocycles. The van der Waals surface area contributed by atoms with Gasteiger partial charge in [-0.1, -0.05) is 37.7 Å². The lowest BCUT2D eigenvalue weighted by Crippen LogP contribution is -2.32. The Bertz CT molecular complexity index is 1180. The van der Waals surface area contributed by atoms with E-state index >= 15 is 0 Å². The van der Waals surface area contributed by atoms with Gasteiger partial charge in [0.05, 0.1) is 17.7 Å². The highest BCUT2D eigenvalue weighted by atomic mass is 32.2. The number of fused-ring (bicyclic) bond motifs is 1. The van der Waals surface area contributed by atoms with Crippen molar-refractivity contribution in [3.8, 4) is 0 Å². The van der Waals surface area contributed by atoms with E-state index in [1.54, 1.807) is 6.92 Å². The summed E-state index contributed by atoms with van der Waals surface area (Å²) in [5.41, 5.74) is 1.90. The number of nitrogens with two attached hydrogens (primary N) is 1. The van der Waals surface area contributed by atoms with Crippen molar-refractivity contribution in [1.82, 2.24) is 9.66 Å². The fourth-order valence-electron chi connectivity index (χ4n) is 3.04. The molecule has 2 heterocycles. The fraction of sp³-hybridized carbons (Fsp3) is 0.333. The summed E-state index contributed by atoms with van der Waals surface area (Å²) in [5.74, 6) is 5.27. The van der Waals surface area contributed by atoms with Crippen molar-refractivity contribution in [2.24, 2.45) is 0 Å². The highest BCUT2D eigenvalue weighted by Crippen LogP contribution is 2.31. The maximum atomic E-state index is 12.8. The number of hydrogen-bond acceptors (Lipinski definition) is 8. The highest BCUT2D eigenvalue weighted by Gasteiger charge is 2.25. The zero-order valence-corrected chi connectivity index (χ0v) is 19.4. The zero-order chi connectivity index (χ0) is 22.7. The average molecular weight is 461 g/mol. The van der Waals surface area contributed by atoms with Gasteiger partial charge in [-0.15, -0.1) is 11.3 Å². The summed E-state index contributed by atoms with van der Waals surface area (Å²) in [6, 6.07) is 7.66. The van der Waals surface area contributed by atoms with Gasteiger partial charge < -0.3 is 15.9 Å². The van der Waals surface area contributed by atoms with E-state index in [2.05, 4.69) is 17.2 Å². The monoisotopic (exact) mass is 460 g/mol. The minimum Gasteiger partial charge on any atom is -0.465 e. The molecular weight excluding hydrogens is 436 g/mol. The number of hydrogen-bond donors (Lipinski definition) is 2. The molecule has 8 nitrogen and oxygen atoms in total. The van der Waals surface area contributed by atoms with Crippen molar-refractivity contribution in [3.63, 3.8) is 0 Å². The van der Waals surface area contributed by atoms with Crippen LogP contribution in [-0.2, 0) is 16.0 Å². The first-order valence-electron chi connectivity index (χ1n) is 9.76. The molecule has 3 aromatic rings. The van der Waals surface area contributed by atoms with Gasteiger partial charge in [-0.25, -0.2) is 14.5 Å². The van der Waals surface area contributed by atoms with Gasteiger partial charge in [0.25, 0.3) is 5.56 Å². The van der Waals surface area contributed by atoms with Gasteiger partial charge in [-0.2, -0.15) is 0 Å². The van der Waals surface area contributed by atoms with Crippen LogP contribution in [0.4, 0.5) is 5.69 Å². The van der Waals surface area contributed by atoms with Crippen molar-refractivity contribution < 1.29 is 14.3 Å². The molecule has 0 spiro atoms. The second-order valence-corrected chi connectivity index (χ2v) is 9.02. The largest absolute Gasteiger partial charge is 0.465 e. The van der Waals surface area contributed by atoms with Crippen molar-refractivity contribution >= 4 is 50.9 Å². The molecule has 0 fully saturated rings. The number of aryl methyl sites for hydroxylation is 2. The van der Waals surface area contributed by atoms with E-state index in [9.17, 15) is 14.4 Å². The summed E-state index contributed by atoms with van der Waals surface area (Å²) in [4.78, 5) is 42.8. The molecule has 0 saturated heterocycles. The molecule has 0 saturated carbocycles. The Morgan fingerprint density at radius 3 is 2.55 bits per heavy atom. The molecule has 0 aliphatic carbocycles. The third-order valence-electron chi connectivity index (χ3n) is 4.88. The molecule has 0 bridgehead atoms. The van der Waals surface area contributed by atoms with Crippen LogP contribution in [0.2, 0.25) is 0 Å². The standard InChI is InChI=1S/C21H24N4O4S2/c1-5-12-7-9-13(10-8-12)23-17(26)14(6-2)30-21-24-18-15(19(27)25(21)22)11(3)16(31-18)20(28)29-4/h7-10,14H,5-6,22H2,1-4H3,(H,23,26)/t14-/m1/s1. The Kier molecular flexibility index (Phi) is 7.01. The van der Waals surface area contributed by atoms with Crippen LogP contribution in [0.25, 0.3) is 10.2 Å². The Hall–Kier alpha value is -2.85. The lowest BCUT2D eigenvalue weighted by molar-refractivity contribution is -0.115. The molecule has 1 aromatic carbocycles. The third kappa shape index (κ3) is 4.59. The first kappa shape index (κ1) is 22.8. The van der Waals surface area contributed by atoms with Gasteiger partial charge in [0, 0.05) is 5.69 Å². The number of nitrogens with one attached hydrogen (secondary N) is 1. The van der Waals surface area contributed by atoms with Crippen molar-refractivity contribution in [2.45, 2.75) is 44.0 Å². The van der Waals surface area contributed by atoms with Crippen LogP contribution in [0.5, 0.6) is 0 Å². The third-order valence-corrected chi connectivity index (χ3v) is 7.37. The van der Waals surface area contributed by atoms with Gasteiger partial charge >= 0.3 is 5.97 Å². The number of benzene rings is 1. The number of carbonyl (C=O) groups is 2. The Balaban J connectivity index is 1.89. The number of thiophene rings is 1. The maximum absolute atomic E-state index is 12.8. The predicted molar refractivity (Wildman–Crippen MR) is 124 cm³/mol. The lowest BCUT2D eigenvalue weighted by Gasteiger charge is -2.16. The number of nitrogens with zero attached hydrogens (tertiary/aromatic N) is 2. The van der Waals surface area contributed by atoms with Crippen molar-refractivity contribution in [3.05, 3.63) is 50.6 Å². The van der Waals surface area contributed by atoms with E-state index in [1.165, 1.54) is 12.7 Å². The van der Waals surface area contributed by atoms with Gasteiger partial charge in [0.1, 0.15) is 9.71 Å². The number of ether oxygens (including phenoxy) is 1. The molecule has 1 amide bonds. The predicted octanol–water partition coefficient (Wildman–Crippen LogP) is 3.34. The number of aromatic nitrogens is 2. The van der Waals surface area contributed by atoms with Gasteiger partial charge in [-0.3, -0.25) is 9.59 Å². The summed E-state index contributed by atoms with van der Waals surface area (Å²) in [6.07, 6.45) is 1.43. The zero-order valence-electron chi connectivity index (χ0n) is 17.7. The Morgan fingerprint density at radius 1 is 1.29 bits per heavy atom. The van der Waals surface area contributed by atoms with Crippen LogP contribution >= 0.6 is 23.1 Å². The quantitative estimate of drug-likeness (QED) is 0.240. The molecule has 0 aliphatic rings. The fourth-order valence-corrected chi connectivity index (χ4v) is 5.12. The first-order chi connectivity index (χ1) is 14.8. The minimum absolute atomic E-state index is 0.205. The number of amides is 1. The number of rotatable bonds is 7. The molecule has 2 aromatic heterocycles. The summed E-state index contributed by atoms with van der Waals surface area (Å²) >= 11 is 2.19. The maximum Gasteiger partial charge on any atom is 0.348 e. The molecule has 164 valence electrons. The molecular formula is C21H24N4O4S2. The summed E-state index contributed by atoms with van der Waals surface area (Å²) < 4.78 is 5.71. The SMILES string of the molecule is CCc1ccc(NC(=O)[C@@H](CC)Sc2nc3sc(C(=O)OC)c(C)c3c(=O)n2N)cc1. The van der Waals surface area contributed by atoms with Gasteiger partial charge in [0.15, 0.2) is 5.16 Å². The molecule has 31 heavy (non-hydrogen) atoms. The topological polar surface area (TPSA) is 116 Å². The Labute approximate surface area is 187 Å². The Morgan fingerprint density at radius 2 is 1.97 bits per heavy atom. The number of carbonyl (C=O) groups excluding carboxylic acids is 2. The number of anilines is 1. The van der Waals surface area contributed by atoms with Gasteiger partial charge in [0.2, 0.25) is 5.91 Å². The van der Waals surface area contributed by atoms with Crippen LogP contribution in [0.1, 0.15) is 41.1 Å². The molecule has 1 atom stereocenters. The van der Waals surface area contributed by atoms with E-state index in [0.717, 1.165) is 34.2 Å². The van der Waals surface area contributed by atoms with Crippen LogP contribution in [-0.4, -0.2) is 33.9 Å². The molecule has 10 heteroatoms. The highest BCUT2D eigenvalue weighted by molar-refractivity contribution is 8.00. The first-order valence-corrected chi connectivity index (χ1v) is 11.5. The van der Waals surface area contributed by atoms with Crippen molar-refractivity contribution in [1.29, 1.82) is 0 Å². The second kappa shape index (κ2) is 9.52. The normalized spacial score (nSPS) is 12.0. The summed E-state index contributed by atoms with van der Waals surface area (Å²) in [6.45, 7) is 5.60. The smallest absolute Gasteiger partial charge is 0.348 e. The molecule has 0 radical (unpaired) electrons. The minimum atomic E-state index is -0.530. The van der Waals surface area contributed by atoms with Crippen LogP contribution < -0.4 is 16.7 Å². The van der Waals surface area contributed by atoms with Crippen LogP contribution in [0.15, 0.2) is 34.2 Å². The summed E-state index contributed by atoms with van der Waals surface area (Å²) in [7, 11) is 1.28. The van der Waals surface area contributed by atoms with E-state index in [-0.39, 0.29) is 16.4 Å². The van der Waals surface area contributed by atoms with E-state index in [4.69, 9.17) is 10.6 Å². The summed E-state index contributed by atoms with van der Waals surface area (Å²) in [5, 5.41) is 2.88. The van der Waals surface area contributed by atoms with E-state index < -0.39 is 16.8 Å². The molecule has 3 rings (SSSR count). The second-order valence-electron chi connectivity index (χ2n) is 6.85. The number of esters is 1. The number of nitrogen functional groups attached to an aromatic ring is 1. The van der Waals surface area contributed by atoms with Crippen molar-refractivity contribution in [2.75, 3.05) is 18.3 Å². The molecule has 0 unspecified atom stereocenters. The van der Waals surface area contributed by atoms with Crippen LogP contribution in [0.3, 0.4) is 0 Å². The van der Waals surface area contributed by atoms with E-state index in [0.29, 0.717) is 27.4 Å². The molecule has 3 N–H and O–H groups in total.